The highest BCUT2D eigenvalue weighted by Gasteiger charge is 2.26. The van der Waals surface area contributed by atoms with Gasteiger partial charge in [0.25, 0.3) is 0 Å². The van der Waals surface area contributed by atoms with Gasteiger partial charge in [-0.05, 0) is 108 Å². The Balaban J connectivity index is 0.000000188. The van der Waals surface area contributed by atoms with Crippen LogP contribution >= 0.6 is 39.1 Å². The van der Waals surface area contributed by atoms with Gasteiger partial charge in [-0.15, -0.1) is 0 Å². The van der Waals surface area contributed by atoms with E-state index in [1.54, 1.807) is 0 Å². The van der Waals surface area contributed by atoms with E-state index in [1.165, 1.54) is 44.5 Å². The third-order valence-corrected chi connectivity index (χ3v) is 10.5. The normalized spacial score (nSPS) is 17.9. The van der Waals surface area contributed by atoms with Gasteiger partial charge in [-0.1, -0.05) is 113 Å². The lowest BCUT2D eigenvalue weighted by atomic mass is 9.87. The number of phenolic OH excluding ortho intramolecular Hbond substituents is 2. The highest BCUT2D eigenvalue weighted by atomic mass is 79.9. The maximum absolute atomic E-state index is 10.1. The highest BCUT2D eigenvalue weighted by Crippen LogP contribution is 2.38. The molecule has 0 saturated heterocycles. The van der Waals surface area contributed by atoms with Crippen LogP contribution in [0.15, 0.2) is 108 Å². The first-order chi connectivity index (χ1) is 22.7. The van der Waals surface area contributed by atoms with Crippen molar-refractivity contribution >= 4 is 39.1 Å². The third-order valence-electron chi connectivity index (χ3n) is 9.37. The topological polar surface area (TPSA) is 46.9 Å². The van der Waals surface area contributed by atoms with Crippen molar-refractivity contribution in [2.75, 3.05) is 40.3 Å². The van der Waals surface area contributed by atoms with Crippen LogP contribution < -0.4 is 0 Å². The minimum Gasteiger partial charge on any atom is -0.506 e. The summed E-state index contributed by atoms with van der Waals surface area (Å²) in [6, 6.07) is 35.2. The average Bonchev–Trinajstić information content (AvgIpc) is 3.33. The molecule has 48 heavy (non-hydrogen) atoms. The molecule has 5 aromatic carbocycles. The molecule has 0 bridgehead atoms. The van der Waals surface area contributed by atoms with E-state index in [4.69, 9.17) is 23.2 Å². The van der Waals surface area contributed by atoms with Crippen molar-refractivity contribution in [1.82, 2.24) is 9.80 Å². The second-order valence-corrected chi connectivity index (χ2v) is 14.4. The van der Waals surface area contributed by atoms with Crippen LogP contribution in [0, 0.1) is 0 Å². The van der Waals surface area contributed by atoms with Crippen molar-refractivity contribution in [3.8, 4) is 22.6 Å². The molecule has 2 aliphatic rings. The quantitative estimate of drug-likeness (QED) is 0.193. The molecule has 250 valence electrons. The van der Waals surface area contributed by atoms with Crippen molar-refractivity contribution in [2.45, 2.75) is 32.1 Å². The first-order valence-corrected chi connectivity index (χ1v) is 17.5. The zero-order valence-electron chi connectivity index (χ0n) is 26.6. The fourth-order valence-corrected chi connectivity index (χ4v) is 7.39. The maximum Gasteiger partial charge on any atom is 0.134 e. The number of nitrogens with zero attached hydrogens (tertiary/aromatic N) is 2. The molecule has 7 rings (SSSR count). The summed E-state index contributed by atoms with van der Waals surface area (Å²) < 4.78 is 1.08. The summed E-state index contributed by atoms with van der Waals surface area (Å²) in [5.74, 6) is 0.817. The molecule has 2 aliphatic heterocycles. The van der Waals surface area contributed by atoms with Crippen LogP contribution in [0.5, 0.6) is 11.5 Å². The molecule has 0 spiro atoms. The highest BCUT2D eigenvalue weighted by molar-refractivity contribution is 9.10. The monoisotopic (exact) mass is 744 g/mol. The fraction of sp³-hybridized carbons (Fsp3) is 0.268. The predicted molar refractivity (Wildman–Crippen MR) is 205 cm³/mol. The Morgan fingerprint density at radius 1 is 0.604 bits per heavy atom. The molecule has 5 aromatic rings. The lowest BCUT2D eigenvalue weighted by Crippen LogP contribution is -2.24. The Bertz CT molecular complexity index is 1830. The number of aromatic hydroxyl groups is 2. The Morgan fingerprint density at radius 2 is 1.02 bits per heavy atom. The lowest BCUT2D eigenvalue weighted by molar-refractivity contribution is 0.338. The van der Waals surface area contributed by atoms with Crippen molar-refractivity contribution in [3.63, 3.8) is 0 Å². The first kappa shape index (κ1) is 36.0. The lowest BCUT2D eigenvalue weighted by Gasteiger charge is -2.22. The smallest absolute Gasteiger partial charge is 0.134 e. The molecule has 0 amide bonds. The first-order valence-electron chi connectivity index (χ1n) is 16.0. The van der Waals surface area contributed by atoms with Gasteiger partial charge in [-0.25, -0.2) is 0 Å². The van der Waals surface area contributed by atoms with Gasteiger partial charge in [0.05, 0.1) is 10.0 Å². The fourth-order valence-electron chi connectivity index (χ4n) is 6.75. The zero-order chi connectivity index (χ0) is 33.1. The van der Waals surface area contributed by atoms with Gasteiger partial charge in [0, 0.05) is 42.5 Å². The van der Waals surface area contributed by atoms with Crippen molar-refractivity contribution < 1.29 is 10.2 Å². The van der Waals surface area contributed by atoms with Crippen LogP contribution in [0.1, 0.15) is 52.6 Å². The Labute approximate surface area is 303 Å². The number of phenols is 2. The van der Waals surface area contributed by atoms with Gasteiger partial charge in [0.15, 0.2) is 0 Å². The molecule has 0 saturated carbocycles. The SMILES string of the molecule is C.CN1CCc2cc(Cl)c(O)cc2[C@@H](c2ccc(-c3ccccc3)cc2)C1.CN1CCc2cc(Cl)c(O)cc2[C@@H](c2ccc(Br)cc2)C1. The summed E-state index contributed by atoms with van der Waals surface area (Å²) in [6.07, 6.45) is 1.91. The summed E-state index contributed by atoms with van der Waals surface area (Å²) in [5, 5.41) is 21.0. The van der Waals surface area contributed by atoms with Crippen molar-refractivity contribution in [2.24, 2.45) is 0 Å². The van der Waals surface area contributed by atoms with Crippen molar-refractivity contribution in [3.05, 3.63) is 151 Å². The van der Waals surface area contributed by atoms with E-state index in [0.717, 1.165) is 43.5 Å². The second-order valence-electron chi connectivity index (χ2n) is 12.7. The van der Waals surface area contributed by atoms with E-state index in [2.05, 4.69) is 113 Å². The molecule has 0 radical (unpaired) electrons. The van der Waals surface area contributed by atoms with Crippen molar-refractivity contribution in [1.29, 1.82) is 0 Å². The third kappa shape index (κ3) is 8.27. The maximum atomic E-state index is 10.1. The number of likely N-dealkylation sites (N-methyl/N-ethyl adjacent to an activating group) is 2. The average molecular weight is 747 g/mol. The van der Waals surface area contributed by atoms with Crippen LogP contribution in [-0.4, -0.2) is 60.3 Å². The van der Waals surface area contributed by atoms with Crippen LogP contribution in [0.4, 0.5) is 0 Å². The van der Waals surface area contributed by atoms with Crippen LogP contribution in [0.25, 0.3) is 11.1 Å². The molecular formula is C41H43BrCl2N2O2. The molecule has 0 aromatic heterocycles. The number of fused-ring (bicyclic) bond motifs is 2. The minimum absolute atomic E-state index is 0. The van der Waals surface area contributed by atoms with Gasteiger partial charge in [-0.2, -0.15) is 0 Å². The van der Waals surface area contributed by atoms with E-state index in [1.807, 2.05) is 30.3 Å². The van der Waals surface area contributed by atoms with E-state index in [9.17, 15) is 10.2 Å². The molecular weight excluding hydrogens is 703 g/mol. The molecule has 2 N–H and O–H groups in total. The van der Waals surface area contributed by atoms with Gasteiger partial charge < -0.3 is 20.0 Å². The predicted octanol–water partition coefficient (Wildman–Crippen LogP) is 10.4. The summed E-state index contributed by atoms with van der Waals surface area (Å²) in [4.78, 5) is 4.68. The number of rotatable bonds is 3. The van der Waals surface area contributed by atoms with Crippen LogP contribution in [0.3, 0.4) is 0 Å². The summed E-state index contributed by atoms with van der Waals surface area (Å²) in [7, 11) is 4.29. The van der Waals surface area contributed by atoms with Gasteiger partial charge in [0.2, 0.25) is 0 Å². The van der Waals surface area contributed by atoms with Gasteiger partial charge >= 0.3 is 0 Å². The Kier molecular flexibility index (Phi) is 11.9. The molecule has 2 heterocycles. The molecule has 0 unspecified atom stereocenters. The number of benzene rings is 5. The van der Waals surface area contributed by atoms with E-state index < -0.39 is 0 Å². The minimum atomic E-state index is 0. The number of halogens is 3. The zero-order valence-corrected chi connectivity index (χ0v) is 29.7. The molecule has 0 aliphatic carbocycles. The summed E-state index contributed by atoms with van der Waals surface area (Å²) in [5.41, 5.74) is 9.80. The van der Waals surface area contributed by atoms with Gasteiger partial charge in [0.1, 0.15) is 11.5 Å². The summed E-state index contributed by atoms with van der Waals surface area (Å²) >= 11 is 15.7. The summed E-state index contributed by atoms with van der Waals surface area (Å²) in [6.45, 7) is 3.86. The van der Waals surface area contributed by atoms with Crippen LogP contribution in [0.2, 0.25) is 10.0 Å². The van der Waals surface area contributed by atoms with E-state index >= 15 is 0 Å². The molecule has 2 atom stereocenters. The van der Waals surface area contributed by atoms with E-state index in [0.29, 0.717) is 10.0 Å². The molecule has 7 heteroatoms. The standard InChI is InChI=1S/C23H22ClNO.C17H17BrClNO.CH4/c1-25-12-11-19-13-22(24)23(26)14-20(19)21(15-25)18-9-7-17(8-10-18)16-5-3-2-4-6-16;1-20-7-6-12-8-16(19)17(21)9-14(12)15(10-20)11-2-4-13(18)5-3-11;/h2-10,13-14,21,26H,11-12,15H2,1H3;2-5,8-9,15,21H,6-7,10H2,1H3;1H4/t21-;15-;/m11./s1. The molecule has 0 fully saturated rings. The largest absolute Gasteiger partial charge is 0.506 e. The second kappa shape index (κ2) is 15.9. The Morgan fingerprint density at radius 3 is 1.48 bits per heavy atom. The van der Waals surface area contributed by atoms with Crippen LogP contribution in [-0.2, 0) is 12.8 Å². The Hall–Kier alpha value is -3.32. The van der Waals surface area contributed by atoms with Gasteiger partial charge in [-0.3, -0.25) is 0 Å². The number of hydrogen-bond donors (Lipinski definition) is 2. The molecule has 4 nitrogen and oxygen atoms in total. The van der Waals surface area contributed by atoms with E-state index in [-0.39, 0.29) is 30.8 Å². The number of hydrogen-bond acceptors (Lipinski definition) is 4.